The zero-order valence-electron chi connectivity index (χ0n) is 8.49. The second-order valence-corrected chi connectivity index (χ2v) is 3.33. The standard InChI is InChI=1S/C11H11N3O2/c15-10-6-9(13-11(16)14-10)7-12-8-4-2-1-3-5-8/h1-6,12H,7H2,(H2,13,14,15,16). The van der Waals surface area contributed by atoms with E-state index in [0.717, 1.165) is 5.69 Å². The van der Waals surface area contributed by atoms with Crippen molar-refractivity contribution < 1.29 is 0 Å². The first-order chi connectivity index (χ1) is 7.74. The van der Waals surface area contributed by atoms with Gasteiger partial charge in [0.15, 0.2) is 0 Å². The van der Waals surface area contributed by atoms with Crippen molar-refractivity contribution >= 4 is 5.69 Å². The Labute approximate surface area is 91.2 Å². The van der Waals surface area contributed by atoms with E-state index in [0.29, 0.717) is 12.2 Å². The molecule has 1 aromatic carbocycles. The van der Waals surface area contributed by atoms with E-state index in [1.807, 2.05) is 30.3 Å². The predicted octanol–water partition coefficient (Wildman–Crippen LogP) is 0.675. The van der Waals surface area contributed by atoms with Gasteiger partial charge in [-0.2, -0.15) is 0 Å². The molecule has 0 aliphatic carbocycles. The zero-order chi connectivity index (χ0) is 11.4. The molecular formula is C11H11N3O2. The highest BCUT2D eigenvalue weighted by Crippen LogP contribution is 2.05. The molecule has 5 heteroatoms. The lowest BCUT2D eigenvalue weighted by Crippen LogP contribution is -2.23. The van der Waals surface area contributed by atoms with Crippen molar-refractivity contribution in [2.45, 2.75) is 6.54 Å². The Balaban J connectivity index is 2.11. The summed E-state index contributed by atoms with van der Waals surface area (Å²) in [5.74, 6) is 0. The summed E-state index contributed by atoms with van der Waals surface area (Å²) in [5.41, 5.74) is 0.604. The maximum atomic E-state index is 11.0. The molecular weight excluding hydrogens is 206 g/mol. The third kappa shape index (κ3) is 2.60. The molecule has 0 radical (unpaired) electrons. The molecule has 0 spiro atoms. The molecule has 0 saturated heterocycles. The van der Waals surface area contributed by atoms with Crippen LogP contribution < -0.4 is 16.6 Å². The molecule has 82 valence electrons. The molecule has 0 bridgehead atoms. The third-order valence-corrected chi connectivity index (χ3v) is 2.07. The summed E-state index contributed by atoms with van der Waals surface area (Å²) >= 11 is 0. The van der Waals surface area contributed by atoms with Crippen LogP contribution in [0.25, 0.3) is 0 Å². The monoisotopic (exact) mass is 217 g/mol. The fourth-order valence-corrected chi connectivity index (χ4v) is 1.37. The number of rotatable bonds is 3. The molecule has 16 heavy (non-hydrogen) atoms. The van der Waals surface area contributed by atoms with Gasteiger partial charge < -0.3 is 10.3 Å². The van der Waals surface area contributed by atoms with Gasteiger partial charge in [0.25, 0.3) is 5.56 Å². The molecule has 0 aliphatic rings. The Morgan fingerprint density at radius 3 is 2.50 bits per heavy atom. The van der Waals surface area contributed by atoms with Crippen LogP contribution in [0.15, 0.2) is 46.0 Å². The Kier molecular flexibility index (Phi) is 2.86. The number of H-pyrrole nitrogens is 2. The first-order valence-electron chi connectivity index (χ1n) is 4.85. The number of benzene rings is 1. The molecule has 2 rings (SSSR count). The van der Waals surface area contributed by atoms with Crippen LogP contribution >= 0.6 is 0 Å². The van der Waals surface area contributed by atoms with Crippen molar-refractivity contribution in [3.05, 3.63) is 62.9 Å². The summed E-state index contributed by atoms with van der Waals surface area (Å²) in [6.07, 6.45) is 0. The summed E-state index contributed by atoms with van der Waals surface area (Å²) < 4.78 is 0. The van der Waals surface area contributed by atoms with Gasteiger partial charge in [-0.3, -0.25) is 9.78 Å². The van der Waals surface area contributed by atoms with Gasteiger partial charge in [0.1, 0.15) is 0 Å². The van der Waals surface area contributed by atoms with E-state index in [4.69, 9.17) is 0 Å². The molecule has 5 nitrogen and oxygen atoms in total. The van der Waals surface area contributed by atoms with Crippen LogP contribution in [-0.2, 0) is 6.54 Å². The Morgan fingerprint density at radius 1 is 1.06 bits per heavy atom. The minimum absolute atomic E-state index is 0.395. The molecule has 3 N–H and O–H groups in total. The quantitative estimate of drug-likeness (QED) is 0.707. The third-order valence-electron chi connectivity index (χ3n) is 2.07. The Hall–Kier alpha value is -2.30. The van der Waals surface area contributed by atoms with Gasteiger partial charge in [-0.1, -0.05) is 18.2 Å². The van der Waals surface area contributed by atoms with Gasteiger partial charge in [0, 0.05) is 17.4 Å². The van der Waals surface area contributed by atoms with Crippen molar-refractivity contribution in [2.24, 2.45) is 0 Å². The molecule has 0 aliphatic heterocycles. The van der Waals surface area contributed by atoms with Crippen LogP contribution in [0.1, 0.15) is 5.69 Å². The van der Waals surface area contributed by atoms with Gasteiger partial charge in [-0.25, -0.2) is 4.79 Å². The summed E-state index contributed by atoms with van der Waals surface area (Å²) in [7, 11) is 0. The second-order valence-electron chi connectivity index (χ2n) is 3.33. The highest BCUT2D eigenvalue weighted by Gasteiger charge is 1.96. The summed E-state index contributed by atoms with van der Waals surface area (Å²) in [6, 6.07) is 10.9. The SMILES string of the molecule is O=c1cc(CNc2ccccc2)[nH]c(=O)[nH]1. The molecule has 1 heterocycles. The summed E-state index contributed by atoms with van der Waals surface area (Å²) in [6.45, 7) is 0.406. The van der Waals surface area contributed by atoms with Gasteiger partial charge >= 0.3 is 5.69 Å². The van der Waals surface area contributed by atoms with Crippen molar-refractivity contribution in [2.75, 3.05) is 5.32 Å². The minimum atomic E-state index is -0.489. The van der Waals surface area contributed by atoms with Crippen LogP contribution in [0.3, 0.4) is 0 Å². The molecule has 1 aromatic heterocycles. The minimum Gasteiger partial charge on any atom is -0.379 e. The smallest absolute Gasteiger partial charge is 0.325 e. The molecule has 0 atom stereocenters. The second kappa shape index (κ2) is 4.48. The van der Waals surface area contributed by atoms with Crippen LogP contribution in [0, 0.1) is 0 Å². The number of anilines is 1. The fourth-order valence-electron chi connectivity index (χ4n) is 1.37. The lowest BCUT2D eigenvalue weighted by Gasteiger charge is -2.04. The highest BCUT2D eigenvalue weighted by molar-refractivity contribution is 5.42. The molecule has 0 fully saturated rings. The topological polar surface area (TPSA) is 77.8 Å². The van der Waals surface area contributed by atoms with Gasteiger partial charge in [-0.15, -0.1) is 0 Å². The van der Waals surface area contributed by atoms with Crippen molar-refractivity contribution in [3.63, 3.8) is 0 Å². The molecule has 0 saturated carbocycles. The number of hydrogen-bond acceptors (Lipinski definition) is 3. The van der Waals surface area contributed by atoms with Crippen LogP contribution in [0.4, 0.5) is 5.69 Å². The van der Waals surface area contributed by atoms with Crippen LogP contribution in [0.5, 0.6) is 0 Å². The van der Waals surface area contributed by atoms with E-state index < -0.39 is 11.2 Å². The molecule has 0 amide bonds. The van der Waals surface area contributed by atoms with Crippen molar-refractivity contribution in [3.8, 4) is 0 Å². The first kappa shape index (κ1) is 10.2. The fraction of sp³-hybridized carbons (Fsp3) is 0.0909. The van der Waals surface area contributed by atoms with Gasteiger partial charge in [-0.05, 0) is 12.1 Å². The largest absolute Gasteiger partial charge is 0.379 e. The van der Waals surface area contributed by atoms with E-state index in [2.05, 4.69) is 15.3 Å². The maximum absolute atomic E-state index is 11.0. The van der Waals surface area contributed by atoms with E-state index in [-0.39, 0.29) is 0 Å². The van der Waals surface area contributed by atoms with Crippen molar-refractivity contribution in [1.29, 1.82) is 0 Å². The molecule has 2 aromatic rings. The number of aromatic amines is 2. The van der Waals surface area contributed by atoms with Crippen molar-refractivity contribution in [1.82, 2.24) is 9.97 Å². The van der Waals surface area contributed by atoms with Gasteiger partial charge in [0.05, 0.1) is 6.54 Å². The zero-order valence-corrected chi connectivity index (χ0v) is 8.49. The summed E-state index contributed by atoms with van der Waals surface area (Å²) in [5, 5.41) is 3.09. The maximum Gasteiger partial charge on any atom is 0.325 e. The van der Waals surface area contributed by atoms with Crippen LogP contribution in [-0.4, -0.2) is 9.97 Å². The summed E-state index contributed by atoms with van der Waals surface area (Å²) in [4.78, 5) is 26.7. The first-order valence-corrected chi connectivity index (χ1v) is 4.85. The predicted molar refractivity (Wildman–Crippen MR) is 61.5 cm³/mol. The van der Waals surface area contributed by atoms with Gasteiger partial charge in [0.2, 0.25) is 0 Å². The average Bonchev–Trinajstić information content (AvgIpc) is 2.27. The Bertz CT molecular complexity index is 543. The molecule has 0 unspecified atom stereocenters. The lowest BCUT2D eigenvalue weighted by molar-refractivity contribution is 0.942. The number of para-hydroxylation sites is 1. The normalized spacial score (nSPS) is 10.0. The lowest BCUT2D eigenvalue weighted by atomic mass is 10.3. The van der Waals surface area contributed by atoms with E-state index in [1.54, 1.807) is 0 Å². The van der Waals surface area contributed by atoms with E-state index >= 15 is 0 Å². The Morgan fingerprint density at radius 2 is 1.81 bits per heavy atom. The van der Waals surface area contributed by atoms with E-state index in [9.17, 15) is 9.59 Å². The van der Waals surface area contributed by atoms with Crippen LogP contribution in [0.2, 0.25) is 0 Å². The average molecular weight is 217 g/mol. The highest BCUT2D eigenvalue weighted by atomic mass is 16.2. The number of hydrogen-bond donors (Lipinski definition) is 3. The van der Waals surface area contributed by atoms with E-state index in [1.165, 1.54) is 6.07 Å². The number of aromatic nitrogens is 2. The number of nitrogens with one attached hydrogen (secondary N) is 3.